The number of nitrogens with zero attached hydrogens (tertiary/aromatic N) is 1. The Bertz CT molecular complexity index is 518. The zero-order valence-electron chi connectivity index (χ0n) is 11.5. The third-order valence-electron chi connectivity index (χ3n) is 4.53. The average Bonchev–Trinajstić information content (AvgIpc) is 2.84. The maximum absolute atomic E-state index is 11.1. The van der Waals surface area contributed by atoms with Crippen molar-refractivity contribution >= 4 is 17.3 Å². The summed E-state index contributed by atoms with van der Waals surface area (Å²) in [7, 11) is 0. The Labute approximate surface area is 118 Å². The van der Waals surface area contributed by atoms with Crippen LogP contribution in [0.2, 0.25) is 0 Å². The van der Waals surface area contributed by atoms with Gasteiger partial charge in [-0.1, -0.05) is 12.5 Å². The third kappa shape index (κ3) is 2.33. The number of nitrogen functional groups attached to an aromatic ring is 1. The van der Waals surface area contributed by atoms with Crippen LogP contribution in [0.15, 0.2) is 18.2 Å². The number of aromatic carboxylic acids is 1. The maximum atomic E-state index is 11.1. The van der Waals surface area contributed by atoms with Gasteiger partial charge in [0.1, 0.15) is 0 Å². The molecule has 0 aromatic heterocycles. The average molecular weight is 275 g/mol. The molecule has 1 aromatic rings. The van der Waals surface area contributed by atoms with E-state index in [0.717, 1.165) is 18.7 Å². The molecule has 0 radical (unpaired) electrons. The van der Waals surface area contributed by atoms with Crippen LogP contribution in [0.4, 0.5) is 11.4 Å². The van der Waals surface area contributed by atoms with Crippen LogP contribution in [0.1, 0.15) is 36.0 Å². The number of carbonyl (C=O) groups is 1. The van der Waals surface area contributed by atoms with Crippen LogP contribution >= 0.6 is 0 Å². The Balaban J connectivity index is 1.78. The highest BCUT2D eigenvalue weighted by Crippen LogP contribution is 2.31. The molecule has 2 aliphatic heterocycles. The summed E-state index contributed by atoms with van der Waals surface area (Å²) < 4.78 is 0. The minimum absolute atomic E-state index is 0.175. The monoisotopic (exact) mass is 275 g/mol. The van der Waals surface area contributed by atoms with Gasteiger partial charge >= 0.3 is 5.97 Å². The van der Waals surface area contributed by atoms with Gasteiger partial charge < -0.3 is 16.2 Å². The SMILES string of the molecule is Nc1c(NC2CCN3CCCCC23)cccc1C(=O)O. The molecule has 0 aliphatic carbocycles. The molecule has 2 saturated heterocycles. The summed E-state index contributed by atoms with van der Waals surface area (Å²) >= 11 is 0. The predicted molar refractivity (Wildman–Crippen MR) is 79.1 cm³/mol. The van der Waals surface area contributed by atoms with E-state index in [0.29, 0.717) is 17.8 Å². The van der Waals surface area contributed by atoms with E-state index < -0.39 is 5.97 Å². The van der Waals surface area contributed by atoms with E-state index in [1.54, 1.807) is 12.1 Å². The molecule has 0 saturated carbocycles. The zero-order valence-corrected chi connectivity index (χ0v) is 11.5. The Kier molecular flexibility index (Phi) is 3.53. The zero-order chi connectivity index (χ0) is 14.1. The van der Waals surface area contributed by atoms with Gasteiger partial charge in [0, 0.05) is 18.6 Å². The molecule has 2 fully saturated rings. The smallest absolute Gasteiger partial charge is 0.337 e. The van der Waals surface area contributed by atoms with Crippen molar-refractivity contribution in [3.8, 4) is 0 Å². The fourth-order valence-electron chi connectivity index (χ4n) is 3.49. The van der Waals surface area contributed by atoms with E-state index >= 15 is 0 Å². The summed E-state index contributed by atoms with van der Waals surface area (Å²) in [6.07, 6.45) is 4.89. The number of para-hydroxylation sites is 1. The summed E-state index contributed by atoms with van der Waals surface area (Å²) in [5, 5.41) is 12.6. The number of anilines is 2. The minimum atomic E-state index is -0.975. The van der Waals surface area contributed by atoms with Crippen molar-refractivity contribution in [1.82, 2.24) is 4.90 Å². The van der Waals surface area contributed by atoms with Gasteiger partial charge in [0.25, 0.3) is 0 Å². The van der Waals surface area contributed by atoms with E-state index in [1.807, 2.05) is 6.07 Å². The number of carboxylic acids is 1. The number of nitrogens with one attached hydrogen (secondary N) is 1. The Morgan fingerprint density at radius 1 is 1.30 bits per heavy atom. The van der Waals surface area contributed by atoms with E-state index in [-0.39, 0.29) is 5.56 Å². The summed E-state index contributed by atoms with van der Waals surface area (Å²) in [5.41, 5.74) is 7.24. The summed E-state index contributed by atoms with van der Waals surface area (Å²) in [6.45, 7) is 2.31. The molecule has 0 amide bonds. The number of fused-ring (bicyclic) bond motifs is 1. The van der Waals surface area contributed by atoms with Gasteiger partial charge in [0.2, 0.25) is 0 Å². The summed E-state index contributed by atoms with van der Waals surface area (Å²) in [6, 6.07) is 6.10. The second-order valence-electron chi connectivity index (χ2n) is 5.71. The molecule has 5 heteroatoms. The normalized spacial score (nSPS) is 26.2. The lowest BCUT2D eigenvalue weighted by atomic mass is 9.98. The number of hydrogen-bond donors (Lipinski definition) is 3. The standard InChI is InChI=1S/C15H21N3O2/c16-14-10(15(19)20)4-3-5-12(14)17-11-7-9-18-8-2-1-6-13(11)18/h3-5,11,13,17H,1-2,6-9,16H2,(H,19,20). The van der Waals surface area contributed by atoms with Crippen LogP contribution in [-0.4, -0.2) is 41.1 Å². The number of hydrogen-bond acceptors (Lipinski definition) is 4. The Morgan fingerprint density at radius 2 is 2.15 bits per heavy atom. The van der Waals surface area contributed by atoms with Gasteiger partial charge in [0.15, 0.2) is 0 Å². The molecule has 2 aliphatic rings. The molecule has 2 unspecified atom stereocenters. The van der Waals surface area contributed by atoms with Gasteiger partial charge in [-0.2, -0.15) is 0 Å². The molecule has 5 nitrogen and oxygen atoms in total. The second-order valence-corrected chi connectivity index (χ2v) is 5.71. The molecule has 20 heavy (non-hydrogen) atoms. The van der Waals surface area contributed by atoms with Crippen LogP contribution in [0.3, 0.4) is 0 Å². The first-order chi connectivity index (χ1) is 9.66. The molecule has 0 spiro atoms. The number of rotatable bonds is 3. The van der Waals surface area contributed by atoms with Gasteiger partial charge in [0.05, 0.1) is 16.9 Å². The molecule has 2 heterocycles. The van der Waals surface area contributed by atoms with E-state index in [4.69, 9.17) is 10.8 Å². The quantitative estimate of drug-likeness (QED) is 0.735. The highest BCUT2D eigenvalue weighted by atomic mass is 16.4. The largest absolute Gasteiger partial charge is 0.478 e. The lowest BCUT2D eigenvalue weighted by Gasteiger charge is -2.33. The number of piperidine rings is 1. The van der Waals surface area contributed by atoms with E-state index in [2.05, 4.69) is 10.2 Å². The summed E-state index contributed by atoms with van der Waals surface area (Å²) in [4.78, 5) is 13.7. The first kappa shape index (κ1) is 13.2. The topological polar surface area (TPSA) is 78.6 Å². The van der Waals surface area contributed by atoms with Gasteiger partial charge in [-0.25, -0.2) is 4.79 Å². The minimum Gasteiger partial charge on any atom is -0.478 e. The molecule has 1 aromatic carbocycles. The van der Waals surface area contributed by atoms with Crippen molar-refractivity contribution in [3.05, 3.63) is 23.8 Å². The number of nitrogens with two attached hydrogens (primary N) is 1. The fourth-order valence-corrected chi connectivity index (χ4v) is 3.49. The number of benzene rings is 1. The van der Waals surface area contributed by atoms with Crippen molar-refractivity contribution in [2.75, 3.05) is 24.1 Å². The molecule has 4 N–H and O–H groups in total. The maximum Gasteiger partial charge on any atom is 0.337 e. The highest BCUT2D eigenvalue weighted by Gasteiger charge is 2.35. The van der Waals surface area contributed by atoms with E-state index in [9.17, 15) is 4.79 Å². The van der Waals surface area contributed by atoms with Crippen LogP contribution in [0, 0.1) is 0 Å². The third-order valence-corrected chi connectivity index (χ3v) is 4.53. The molecule has 2 atom stereocenters. The lowest BCUT2D eigenvalue weighted by Crippen LogP contribution is -2.41. The first-order valence-corrected chi connectivity index (χ1v) is 7.29. The van der Waals surface area contributed by atoms with E-state index in [1.165, 1.54) is 25.8 Å². The molecular formula is C15H21N3O2. The van der Waals surface area contributed by atoms with Crippen molar-refractivity contribution in [2.45, 2.75) is 37.8 Å². The van der Waals surface area contributed by atoms with Crippen molar-refractivity contribution in [2.24, 2.45) is 0 Å². The molecular weight excluding hydrogens is 254 g/mol. The molecule has 0 bridgehead atoms. The van der Waals surface area contributed by atoms with Gasteiger partial charge in [-0.05, 0) is 37.9 Å². The second kappa shape index (κ2) is 5.32. The van der Waals surface area contributed by atoms with Crippen molar-refractivity contribution in [1.29, 1.82) is 0 Å². The van der Waals surface area contributed by atoms with Crippen LogP contribution < -0.4 is 11.1 Å². The Hall–Kier alpha value is -1.75. The lowest BCUT2D eigenvalue weighted by molar-refractivity contribution is 0.0698. The summed E-state index contributed by atoms with van der Waals surface area (Å²) in [5.74, 6) is -0.975. The molecule has 3 rings (SSSR count). The van der Waals surface area contributed by atoms with Gasteiger partial charge in [-0.15, -0.1) is 0 Å². The van der Waals surface area contributed by atoms with Crippen molar-refractivity contribution in [3.63, 3.8) is 0 Å². The van der Waals surface area contributed by atoms with Crippen LogP contribution in [0.25, 0.3) is 0 Å². The van der Waals surface area contributed by atoms with Crippen LogP contribution in [0.5, 0.6) is 0 Å². The van der Waals surface area contributed by atoms with Crippen molar-refractivity contribution < 1.29 is 9.90 Å². The van der Waals surface area contributed by atoms with Gasteiger partial charge in [-0.3, -0.25) is 4.90 Å². The fraction of sp³-hybridized carbons (Fsp3) is 0.533. The first-order valence-electron chi connectivity index (χ1n) is 7.29. The molecule has 108 valence electrons. The Morgan fingerprint density at radius 3 is 2.95 bits per heavy atom. The van der Waals surface area contributed by atoms with Crippen LogP contribution in [-0.2, 0) is 0 Å². The predicted octanol–water partition coefficient (Wildman–Crippen LogP) is 2.01. The number of carboxylic acid groups (broad SMARTS) is 1. The highest BCUT2D eigenvalue weighted by molar-refractivity contribution is 5.97.